The summed E-state index contributed by atoms with van der Waals surface area (Å²) in [6.45, 7) is 0.486. The fraction of sp³-hybridized carbons (Fsp3) is 0.261. The van der Waals surface area contributed by atoms with Crippen LogP contribution in [0.2, 0.25) is 0 Å². The minimum atomic E-state index is -0.641. The summed E-state index contributed by atoms with van der Waals surface area (Å²) < 4.78 is 21.1. The summed E-state index contributed by atoms with van der Waals surface area (Å²) in [6, 6.07) is 15.4. The van der Waals surface area contributed by atoms with Crippen LogP contribution in [0, 0.1) is 5.82 Å². The molecule has 1 aromatic heterocycles. The van der Waals surface area contributed by atoms with Gasteiger partial charge in [0.2, 0.25) is 5.91 Å². The van der Waals surface area contributed by atoms with Crippen molar-refractivity contribution in [3.63, 3.8) is 0 Å². The van der Waals surface area contributed by atoms with Gasteiger partial charge in [-0.05, 0) is 18.2 Å². The highest BCUT2D eigenvalue weighted by Gasteiger charge is 2.35. The number of fused-ring (bicyclic) bond motifs is 1. The van der Waals surface area contributed by atoms with Crippen molar-refractivity contribution < 1.29 is 18.7 Å². The van der Waals surface area contributed by atoms with Crippen LogP contribution in [-0.2, 0) is 29.7 Å². The van der Waals surface area contributed by atoms with Gasteiger partial charge in [0.25, 0.3) is 5.91 Å². The summed E-state index contributed by atoms with van der Waals surface area (Å²) in [7, 11) is 1.78. The highest BCUT2D eigenvalue weighted by atomic mass is 19.1. The molecule has 0 spiro atoms. The van der Waals surface area contributed by atoms with E-state index in [1.807, 2.05) is 24.4 Å². The van der Waals surface area contributed by atoms with Gasteiger partial charge in [0.15, 0.2) is 6.61 Å². The predicted octanol–water partition coefficient (Wildman–Crippen LogP) is 2.38. The van der Waals surface area contributed by atoms with E-state index in [1.165, 1.54) is 6.07 Å². The average Bonchev–Trinajstić information content (AvgIpc) is 3.16. The first-order valence-electron chi connectivity index (χ1n) is 10.0. The Balaban J connectivity index is 1.45. The molecule has 2 amide bonds. The number of aryl methyl sites for hydroxylation is 1. The minimum absolute atomic E-state index is 0.0647. The lowest BCUT2D eigenvalue weighted by molar-refractivity contribution is -0.135. The number of hydrogen-bond donors (Lipinski definition) is 1. The molecule has 1 N–H and O–H groups in total. The molecular weight excluding hydrogens is 399 g/mol. The first-order chi connectivity index (χ1) is 15.0. The number of halogens is 1. The van der Waals surface area contributed by atoms with Crippen molar-refractivity contribution in [3.8, 4) is 5.75 Å². The van der Waals surface area contributed by atoms with Crippen LogP contribution in [0.3, 0.4) is 0 Å². The summed E-state index contributed by atoms with van der Waals surface area (Å²) >= 11 is 0. The lowest BCUT2D eigenvalue weighted by Crippen LogP contribution is -2.45. The molecule has 1 unspecified atom stereocenters. The Morgan fingerprint density at radius 3 is 2.68 bits per heavy atom. The Morgan fingerprint density at radius 1 is 1.16 bits per heavy atom. The van der Waals surface area contributed by atoms with E-state index < -0.39 is 5.92 Å². The summed E-state index contributed by atoms with van der Waals surface area (Å²) in [4.78, 5) is 27.3. The number of nitrogens with one attached hydrogen (secondary N) is 1. The third-order valence-corrected chi connectivity index (χ3v) is 5.22. The molecule has 0 saturated carbocycles. The largest absolute Gasteiger partial charge is 0.484 e. The number of rotatable bonds is 6. The number of amides is 2. The summed E-state index contributed by atoms with van der Waals surface area (Å²) in [5, 5.41) is 7.21. The zero-order chi connectivity index (χ0) is 21.8. The van der Waals surface area contributed by atoms with E-state index in [0.717, 1.165) is 5.56 Å². The van der Waals surface area contributed by atoms with Gasteiger partial charge in [-0.2, -0.15) is 5.10 Å². The van der Waals surface area contributed by atoms with Crippen molar-refractivity contribution in [3.05, 3.63) is 83.4 Å². The molecule has 0 saturated heterocycles. The van der Waals surface area contributed by atoms with Crippen LogP contribution in [-0.4, -0.2) is 39.6 Å². The number of hydrogen-bond acceptors (Lipinski definition) is 4. The van der Waals surface area contributed by atoms with Crippen molar-refractivity contribution in [2.24, 2.45) is 7.05 Å². The van der Waals surface area contributed by atoms with Crippen molar-refractivity contribution in [1.82, 2.24) is 20.0 Å². The van der Waals surface area contributed by atoms with Crippen LogP contribution < -0.4 is 10.1 Å². The second-order valence-electron chi connectivity index (χ2n) is 7.45. The molecule has 1 aliphatic heterocycles. The number of nitrogens with zero attached hydrogens (tertiary/aromatic N) is 3. The lowest BCUT2D eigenvalue weighted by atomic mass is 9.95. The van der Waals surface area contributed by atoms with Gasteiger partial charge in [0.1, 0.15) is 11.6 Å². The maximum Gasteiger partial charge on any atom is 0.260 e. The Labute approximate surface area is 179 Å². The van der Waals surface area contributed by atoms with Crippen LogP contribution in [0.5, 0.6) is 5.75 Å². The Morgan fingerprint density at radius 2 is 1.90 bits per heavy atom. The van der Waals surface area contributed by atoms with Gasteiger partial charge in [0.05, 0.1) is 11.6 Å². The maximum absolute atomic E-state index is 13.9. The fourth-order valence-electron chi connectivity index (χ4n) is 3.64. The number of para-hydroxylation sites is 1. The van der Waals surface area contributed by atoms with Crippen LogP contribution >= 0.6 is 0 Å². The molecule has 2 aromatic carbocycles. The average molecular weight is 422 g/mol. The van der Waals surface area contributed by atoms with E-state index in [0.29, 0.717) is 23.6 Å². The number of ether oxygens (including phenoxy) is 1. The predicted molar refractivity (Wildman–Crippen MR) is 112 cm³/mol. The first-order valence-corrected chi connectivity index (χ1v) is 10.0. The highest BCUT2D eigenvalue weighted by molar-refractivity contribution is 5.86. The second-order valence-corrected chi connectivity index (χ2v) is 7.45. The number of aromatic nitrogens is 2. The summed E-state index contributed by atoms with van der Waals surface area (Å²) in [5.74, 6) is -0.929. The summed E-state index contributed by atoms with van der Waals surface area (Å²) in [6.07, 6.45) is 1.81. The standard InChI is InChI=1S/C23H23FN4O3/c1-27-12-17-13-28(21(29)15-31-18-8-3-2-4-9-18)14-19(22(17)26-27)23(30)25-11-16-7-5-6-10-20(16)24/h2-10,12,19H,11,13-15H2,1H3,(H,25,30). The SMILES string of the molecule is Cn1cc2c(n1)C(C(=O)NCc1ccccc1F)CN(C(=O)COc1ccccc1)C2. The van der Waals surface area contributed by atoms with E-state index >= 15 is 0 Å². The third kappa shape index (κ3) is 4.74. The summed E-state index contributed by atoms with van der Waals surface area (Å²) in [5.41, 5.74) is 1.85. The highest BCUT2D eigenvalue weighted by Crippen LogP contribution is 2.27. The van der Waals surface area contributed by atoms with E-state index in [1.54, 1.807) is 47.0 Å². The molecule has 0 radical (unpaired) electrons. The maximum atomic E-state index is 13.9. The van der Waals surface area contributed by atoms with Gasteiger partial charge in [-0.25, -0.2) is 4.39 Å². The van der Waals surface area contributed by atoms with Crippen molar-refractivity contribution in [1.29, 1.82) is 0 Å². The number of carbonyl (C=O) groups is 2. The monoisotopic (exact) mass is 422 g/mol. The third-order valence-electron chi connectivity index (χ3n) is 5.22. The Kier molecular flexibility index (Phi) is 5.97. The lowest BCUT2D eigenvalue weighted by Gasteiger charge is -2.31. The first kappa shape index (κ1) is 20.6. The molecule has 0 aliphatic carbocycles. The number of benzene rings is 2. The number of carbonyl (C=O) groups excluding carboxylic acids is 2. The normalized spacial score (nSPS) is 15.3. The molecule has 0 fully saturated rings. The van der Waals surface area contributed by atoms with Crippen LogP contribution in [0.15, 0.2) is 60.8 Å². The van der Waals surface area contributed by atoms with Crippen molar-refractivity contribution >= 4 is 11.8 Å². The zero-order valence-electron chi connectivity index (χ0n) is 17.1. The Bertz CT molecular complexity index is 1080. The molecule has 160 valence electrons. The van der Waals surface area contributed by atoms with Crippen LogP contribution in [0.1, 0.15) is 22.7 Å². The van der Waals surface area contributed by atoms with Crippen LogP contribution in [0.4, 0.5) is 4.39 Å². The van der Waals surface area contributed by atoms with Gasteiger partial charge in [0, 0.05) is 44.0 Å². The Hall–Kier alpha value is -3.68. The molecule has 0 bridgehead atoms. The van der Waals surface area contributed by atoms with E-state index in [2.05, 4.69) is 10.4 Å². The van der Waals surface area contributed by atoms with Crippen LogP contribution in [0.25, 0.3) is 0 Å². The second kappa shape index (κ2) is 8.99. The van der Waals surface area contributed by atoms with Crippen molar-refractivity contribution in [2.45, 2.75) is 19.0 Å². The molecule has 8 heteroatoms. The van der Waals surface area contributed by atoms with E-state index in [4.69, 9.17) is 4.74 Å². The molecular formula is C23H23FN4O3. The molecule has 1 aliphatic rings. The molecule has 1 atom stereocenters. The zero-order valence-corrected chi connectivity index (χ0v) is 17.1. The van der Waals surface area contributed by atoms with Gasteiger partial charge in [-0.3, -0.25) is 14.3 Å². The van der Waals surface area contributed by atoms with E-state index in [9.17, 15) is 14.0 Å². The van der Waals surface area contributed by atoms with Gasteiger partial charge < -0.3 is 15.0 Å². The molecule has 4 rings (SSSR count). The van der Waals surface area contributed by atoms with Gasteiger partial charge in [-0.1, -0.05) is 36.4 Å². The van der Waals surface area contributed by atoms with E-state index in [-0.39, 0.29) is 37.3 Å². The van der Waals surface area contributed by atoms with Crippen molar-refractivity contribution in [2.75, 3.05) is 13.2 Å². The van der Waals surface area contributed by atoms with Gasteiger partial charge in [-0.15, -0.1) is 0 Å². The minimum Gasteiger partial charge on any atom is -0.484 e. The smallest absolute Gasteiger partial charge is 0.260 e. The van der Waals surface area contributed by atoms with Gasteiger partial charge >= 0.3 is 0 Å². The molecule has 3 aromatic rings. The molecule has 7 nitrogen and oxygen atoms in total. The molecule has 31 heavy (non-hydrogen) atoms. The molecule has 2 heterocycles. The quantitative estimate of drug-likeness (QED) is 0.662. The fourth-order valence-corrected chi connectivity index (χ4v) is 3.64. The topological polar surface area (TPSA) is 76.5 Å².